The molecule has 2 amide bonds. The van der Waals surface area contributed by atoms with Crippen molar-refractivity contribution in [3.8, 4) is 46.0 Å². The molecule has 0 spiro atoms. The number of carbonyl (C=O) groups is 4. The van der Waals surface area contributed by atoms with Crippen LogP contribution in [0.15, 0.2) is 72.8 Å². The van der Waals surface area contributed by atoms with Gasteiger partial charge in [0.1, 0.15) is 69.3 Å². The fourth-order valence-corrected chi connectivity index (χ4v) is 8.37. The molecule has 0 saturated heterocycles. The second kappa shape index (κ2) is 21.9. The van der Waals surface area contributed by atoms with E-state index in [0.29, 0.717) is 22.6 Å². The molecule has 0 aliphatic heterocycles. The van der Waals surface area contributed by atoms with Gasteiger partial charge in [-0.25, -0.2) is 8.42 Å². The van der Waals surface area contributed by atoms with Crippen molar-refractivity contribution in [2.24, 2.45) is 0 Å². The Bertz CT molecular complexity index is 2280. The van der Waals surface area contributed by atoms with E-state index in [2.05, 4.69) is 10.6 Å². The normalized spacial score (nSPS) is 12.2. The van der Waals surface area contributed by atoms with Gasteiger partial charge >= 0.3 is 11.9 Å². The molecule has 63 heavy (non-hydrogen) atoms. The van der Waals surface area contributed by atoms with Crippen molar-refractivity contribution in [1.29, 1.82) is 0 Å². The Morgan fingerprint density at radius 2 is 0.825 bits per heavy atom. The molecular weight excluding hydrogens is 845 g/mol. The van der Waals surface area contributed by atoms with Crippen LogP contribution in [0.2, 0.25) is 0 Å². The van der Waals surface area contributed by atoms with Crippen LogP contribution in [0.1, 0.15) is 45.6 Å². The molecule has 19 heteroatoms. The van der Waals surface area contributed by atoms with Gasteiger partial charge in [0, 0.05) is 24.3 Å². The van der Waals surface area contributed by atoms with E-state index < -0.39 is 56.9 Å². The van der Waals surface area contributed by atoms with Gasteiger partial charge in [-0.15, -0.1) is 0 Å². The summed E-state index contributed by atoms with van der Waals surface area (Å²) in [5.74, 6) is -2.56. The molecular formula is C44H48N2O16S. The maximum atomic E-state index is 15.7. The zero-order chi connectivity index (χ0) is 46.4. The van der Waals surface area contributed by atoms with Gasteiger partial charge in [0.25, 0.3) is 0 Å². The third-order valence-electron chi connectivity index (χ3n) is 9.37. The first kappa shape index (κ1) is 48.3. The van der Waals surface area contributed by atoms with Gasteiger partial charge in [-0.2, -0.15) is 0 Å². The quantitative estimate of drug-likeness (QED) is 0.0642. The lowest BCUT2D eigenvalue weighted by Crippen LogP contribution is -2.21. The molecule has 0 radical (unpaired) electrons. The zero-order valence-corrected chi connectivity index (χ0v) is 36.5. The number of carboxylic acids is 2. The van der Waals surface area contributed by atoms with Crippen LogP contribution >= 0.6 is 0 Å². The molecule has 0 aromatic heterocycles. The number of hydrogen-bond acceptors (Lipinski definition) is 14. The van der Waals surface area contributed by atoms with Crippen molar-refractivity contribution < 1.29 is 75.7 Å². The number of anilines is 2. The van der Waals surface area contributed by atoms with E-state index in [-0.39, 0.29) is 57.0 Å². The van der Waals surface area contributed by atoms with Gasteiger partial charge in [0.2, 0.25) is 11.8 Å². The number of sulfone groups is 1. The average molecular weight is 893 g/mol. The Hall–Kier alpha value is -7.41. The summed E-state index contributed by atoms with van der Waals surface area (Å²) in [7, 11) is 6.52. The third-order valence-corrected chi connectivity index (χ3v) is 11.6. The largest absolute Gasteiger partial charge is 0.496 e. The summed E-state index contributed by atoms with van der Waals surface area (Å²) in [5, 5.41) is 20.3. The number of nitrogens with one attached hydrogen (secondary N) is 2. The number of benzene rings is 4. The number of amides is 2. The predicted octanol–water partition coefficient (Wildman–Crippen LogP) is 6.21. The van der Waals surface area contributed by atoms with Crippen molar-refractivity contribution in [3.63, 3.8) is 0 Å². The molecule has 4 aromatic carbocycles. The van der Waals surface area contributed by atoms with Crippen LogP contribution < -0.4 is 48.5 Å². The molecule has 2 atom stereocenters. The van der Waals surface area contributed by atoms with Crippen molar-refractivity contribution in [2.45, 2.75) is 23.3 Å². The fourth-order valence-electron chi connectivity index (χ4n) is 6.40. The SMILES string of the molecule is COc1cc(OC)c(C=CC(c2ccc(OC)c(NC(=O)CC(=O)O)c2)S(=O)(=O)C(C=Cc2c(OC)cc(OC)cc2OC)c2ccc(OC)c(NC(=O)CC(=O)O)c2)c(OC)c1. The van der Waals surface area contributed by atoms with Crippen LogP contribution in [0.4, 0.5) is 11.4 Å². The standard InChI is InChI=1S/C44H48N2O16S/c1-55-27-19-35(59-5)29(36(20-27)60-6)11-15-39(25-9-13-33(57-3)31(17-25)45-41(47)23-43(49)50)63(53,54)40(16-12-30-37(61-7)21-28(56-2)22-38(30)62-8)26-10-14-34(58-4)32(18-26)46-42(48)24-44(51)52/h9-22,39-40H,23-24H2,1-8H3,(H,45,47)(H,46,48)(H,49,50)(H,51,52). The van der Waals surface area contributed by atoms with E-state index in [1.54, 1.807) is 24.3 Å². The van der Waals surface area contributed by atoms with Crippen molar-refractivity contribution >= 4 is 57.1 Å². The van der Waals surface area contributed by atoms with Crippen LogP contribution in [0.3, 0.4) is 0 Å². The van der Waals surface area contributed by atoms with E-state index in [9.17, 15) is 29.4 Å². The number of carbonyl (C=O) groups excluding carboxylic acids is 2. The smallest absolute Gasteiger partial charge is 0.312 e. The lowest BCUT2D eigenvalue weighted by atomic mass is 10.1. The van der Waals surface area contributed by atoms with Crippen molar-refractivity contribution in [1.82, 2.24) is 0 Å². The Kier molecular flexibility index (Phi) is 16.8. The zero-order valence-electron chi connectivity index (χ0n) is 35.7. The summed E-state index contributed by atoms with van der Waals surface area (Å²) in [6.45, 7) is 0. The van der Waals surface area contributed by atoms with E-state index in [1.807, 2.05) is 0 Å². The third kappa shape index (κ3) is 11.9. The Morgan fingerprint density at radius 1 is 0.508 bits per heavy atom. The number of ether oxygens (including phenoxy) is 8. The molecule has 0 bridgehead atoms. The fraction of sp³-hybridized carbons (Fsp3) is 0.273. The summed E-state index contributed by atoms with van der Waals surface area (Å²) in [6.07, 6.45) is 3.94. The first-order valence-electron chi connectivity index (χ1n) is 18.7. The molecule has 0 heterocycles. The van der Waals surface area contributed by atoms with Crippen molar-refractivity contribution in [3.05, 3.63) is 95.1 Å². The van der Waals surface area contributed by atoms with Crippen LogP contribution in [0, 0.1) is 0 Å². The van der Waals surface area contributed by atoms with Crippen LogP contribution in [0.5, 0.6) is 46.0 Å². The van der Waals surface area contributed by atoms with E-state index in [1.165, 1.54) is 118 Å². The highest BCUT2D eigenvalue weighted by molar-refractivity contribution is 7.92. The first-order chi connectivity index (χ1) is 30.1. The summed E-state index contributed by atoms with van der Waals surface area (Å²) >= 11 is 0. The number of aliphatic carboxylic acids is 2. The molecule has 336 valence electrons. The summed E-state index contributed by atoms with van der Waals surface area (Å²) < 4.78 is 75.6. The lowest BCUT2D eigenvalue weighted by Gasteiger charge is -2.24. The summed E-state index contributed by atoms with van der Waals surface area (Å²) in [5.41, 5.74) is 0.787. The Balaban J connectivity index is 2.10. The molecule has 0 fully saturated rings. The highest BCUT2D eigenvalue weighted by atomic mass is 32.2. The number of carboxylic acid groups (broad SMARTS) is 2. The van der Waals surface area contributed by atoms with E-state index >= 15 is 8.42 Å². The van der Waals surface area contributed by atoms with Crippen LogP contribution in [-0.2, 0) is 29.0 Å². The Morgan fingerprint density at radius 3 is 1.10 bits per heavy atom. The van der Waals surface area contributed by atoms with Crippen molar-refractivity contribution in [2.75, 3.05) is 67.5 Å². The molecule has 0 saturated carbocycles. The molecule has 4 N–H and O–H groups in total. The molecule has 0 aliphatic carbocycles. The second-order valence-electron chi connectivity index (χ2n) is 13.2. The molecule has 0 aliphatic rings. The monoisotopic (exact) mass is 892 g/mol. The molecule has 2 unspecified atom stereocenters. The Labute approximate surface area is 363 Å². The number of hydrogen-bond donors (Lipinski definition) is 4. The average Bonchev–Trinajstić information content (AvgIpc) is 3.25. The maximum Gasteiger partial charge on any atom is 0.312 e. The molecule has 4 rings (SSSR count). The number of methoxy groups -OCH3 is 8. The minimum Gasteiger partial charge on any atom is -0.496 e. The predicted molar refractivity (Wildman–Crippen MR) is 232 cm³/mol. The highest BCUT2D eigenvalue weighted by Crippen LogP contribution is 2.44. The summed E-state index contributed by atoms with van der Waals surface area (Å²) in [6, 6.07) is 14.7. The lowest BCUT2D eigenvalue weighted by molar-refractivity contribution is -0.141. The van der Waals surface area contributed by atoms with Gasteiger partial charge in [0.05, 0.1) is 79.4 Å². The topological polar surface area (TPSA) is 241 Å². The van der Waals surface area contributed by atoms with Gasteiger partial charge in [-0.3, -0.25) is 19.2 Å². The molecule has 4 aromatic rings. The van der Waals surface area contributed by atoms with E-state index in [4.69, 9.17) is 37.9 Å². The van der Waals surface area contributed by atoms with Gasteiger partial charge in [0.15, 0.2) is 9.84 Å². The van der Waals surface area contributed by atoms with Crippen LogP contribution in [0.25, 0.3) is 12.2 Å². The van der Waals surface area contributed by atoms with Crippen LogP contribution in [-0.4, -0.2) is 99.3 Å². The number of rotatable bonds is 22. The van der Waals surface area contributed by atoms with Gasteiger partial charge in [-0.1, -0.05) is 24.3 Å². The van der Waals surface area contributed by atoms with E-state index in [0.717, 1.165) is 0 Å². The highest BCUT2D eigenvalue weighted by Gasteiger charge is 2.35. The minimum atomic E-state index is -4.66. The van der Waals surface area contributed by atoms with Gasteiger partial charge < -0.3 is 58.7 Å². The summed E-state index contributed by atoms with van der Waals surface area (Å²) in [4.78, 5) is 48.2. The molecule has 18 nitrogen and oxygen atoms in total. The minimum absolute atomic E-state index is 0.0258. The van der Waals surface area contributed by atoms with Gasteiger partial charge in [-0.05, 0) is 47.5 Å². The second-order valence-corrected chi connectivity index (χ2v) is 15.4. The maximum absolute atomic E-state index is 15.7. The first-order valence-corrected chi connectivity index (χ1v) is 20.3.